The lowest BCUT2D eigenvalue weighted by atomic mass is 10.0. The standard InChI is InChI=1S/C17H22N2O/c1-2-20-17-8-6-13-10-16(7-5-14(13)11-17)19-9-3-4-15(18)12-19/h5-8,10-11,15H,2-4,9,12,18H2,1H3. The maximum Gasteiger partial charge on any atom is 0.119 e. The van der Waals surface area contributed by atoms with Crippen LogP contribution in [0.2, 0.25) is 0 Å². The maximum absolute atomic E-state index is 6.07. The SMILES string of the molecule is CCOc1ccc2cc(N3CCCC(N)C3)ccc2c1. The first-order valence-corrected chi connectivity index (χ1v) is 7.43. The molecular weight excluding hydrogens is 248 g/mol. The van der Waals surface area contributed by atoms with E-state index in [1.54, 1.807) is 0 Å². The van der Waals surface area contributed by atoms with Crippen molar-refractivity contribution in [3.8, 4) is 5.75 Å². The van der Waals surface area contributed by atoms with E-state index in [0.717, 1.165) is 25.3 Å². The van der Waals surface area contributed by atoms with Gasteiger partial charge in [-0.1, -0.05) is 12.1 Å². The fourth-order valence-corrected chi connectivity index (χ4v) is 2.91. The van der Waals surface area contributed by atoms with E-state index in [2.05, 4.69) is 35.2 Å². The van der Waals surface area contributed by atoms with Gasteiger partial charge in [0, 0.05) is 24.8 Å². The molecule has 1 atom stereocenters. The first kappa shape index (κ1) is 13.3. The minimum atomic E-state index is 0.305. The van der Waals surface area contributed by atoms with Crippen molar-refractivity contribution >= 4 is 16.5 Å². The molecular formula is C17H22N2O. The highest BCUT2D eigenvalue weighted by Crippen LogP contribution is 2.27. The van der Waals surface area contributed by atoms with Crippen molar-refractivity contribution in [3.05, 3.63) is 36.4 Å². The highest BCUT2D eigenvalue weighted by Gasteiger charge is 2.17. The zero-order chi connectivity index (χ0) is 13.9. The highest BCUT2D eigenvalue weighted by molar-refractivity contribution is 5.87. The van der Waals surface area contributed by atoms with Gasteiger partial charge in [-0.2, -0.15) is 0 Å². The Morgan fingerprint density at radius 2 is 2.00 bits per heavy atom. The number of hydrogen-bond acceptors (Lipinski definition) is 3. The van der Waals surface area contributed by atoms with Crippen LogP contribution in [0.4, 0.5) is 5.69 Å². The van der Waals surface area contributed by atoms with Crippen molar-refractivity contribution < 1.29 is 4.74 Å². The van der Waals surface area contributed by atoms with Gasteiger partial charge in [0.15, 0.2) is 0 Å². The molecule has 1 fully saturated rings. The summed E-state index contributed by atoms with van der Waals surface area (Å²) in [5.41, 5.74) is 7.34. The molecule has 0 saturated carbocycles. The molecule has 2 aromatic carbocycles. The molecule has 0 spiro atoms. The smallest absolute Gasteiger partial charge is 0.119 e. The summed E-state index contributed by atoms with van der Waals surface area (Å²) in [7, 11) is 0. The fraction of sp³-hybridized carbons (Fsp3) is 0.412. The van der Waals surface area contributed by atoms with Gasteiger partial charge in [0.05, 0.1) is 6.61 Å². The molecule has 2 aromatic rings. The van der Waals surface area contributed by atoms with Crippen LogP contribution >= 0.6 is 0 Å². The zero-order valence-electron chi connectivity index (χ0n) is 12.0. The summed E-state index contributed by atoms with van der Waals surface area (Å²) in [5.74, 6) is 0.938. The van der Waals surface area contributed by atoms with Crippen LogP contribution in [0.15, 0.2) is 36.4 Å². The van der Waals surface area contributed by atoms with Crippen LogP contribution in [0.3, 0.4) is 0 Å². The summed E-state index contributed by atoms with van der Waals surface area (Å²) in [6, 6.07) is 13.2. The molecule has 2 N–H and O–H groups in total. The number of anilines is 1. The topological polar surface area (TPSA) is 38.5 Å². The lowest BCUT2D eigenvalue weighted by Gasteiger charge is -2.32. The molecule has 106 valence electrons. The molecule has 0 radical (unpaired) electrons. The first-order chi connectivity index (χ1) is 9.76. The highest BCUT2D eigenvalue weighted by atomic mass is 16.5. The second-order valence-electron chi connectivity index (χ2n) is 5.47. The van der Waals surface area contributed by atoms with Gasteiger partial charge in [-0.15, -0.1) is 0 Å². The van der Waals surface area contributed by atoms with Gasteiger partial charge in [0.2, 0.25) is 0 Å². The Kier molecular flexibility index (Phi) is 3.79. The van der Waals surface area contributed by atoms with E-state index in [4.69, 9.17) is 10.5 Å². The Bertz CT molecular complexity index is 597. The molecule has 20 heavy (non-hydrogen) atoms. The fourth-order valence-electron chi connectivity index (χ4n) is 2.91. The van der Waals surface area contributed by atoms with Crippen LogP contribution in [0.5, 0.6) is 5.75 Å². The Labute approximate surface area is 120 Å². The number of piperidine rings is 1. The van der Waals surface area contributed by atoms with E-state index in [-0.39, 0.29) is 0 Å². The third kappa shape index (κ3) is 2.73. The third-order valence-electron chi connectivity index (χ3n) is 3.93. The molecule has 3 nitrogen and oxygen atoms in total. The number of benzene rings is 2. The molecule has 0 amide bonds. The Hall–Kier alpha value is -1.74. The van der Waals surface area contributed by atoms with Crippen molar-refractivity contribution in [2.75, 3.05) is 24.6 Å². The van der Waals surface area contributed by atoms with Crippen molar-refractivity contribution in [1.29, 1.82) is 0 Å². The van der Waals surface area contributed by atoms with Gasteiger partial charge in [0.1, 0.15) is 5.75 Å². The Morgan fingerprint density at radius 1 is 1.20 bits per heavy atom. The zero-order valence-corrected chi connectivity index (χ0v) is 12.0. The van der Waals surface area contributed by atoms with Crippen LogP contribution in [0.1, 0.15) is 19.8 Å². The van der Waals surface area contributed by atoms with Crippen molar-refractivity contribution in [2.24, 2.45) is 5.73 Å². The number of nitrogens with zero attached hydrogens (tertiary/aromatic N) is 1. The normalized spacial score (nSPS) is 19.3. The minimum absolute atomic E-state index is 0.305. The lowest BCUT2D eigenvalue weighted by Crippen LogP contribution is -2.42. The predicted octanol–water partition coefficient (Wildman–Crippen LogP) is 3.17. The van der Waals surface area contributed by atoms with Crippen LogP contribution < -0.4 is 15.4 Å². The number of ether oxygens (including phenoxy) is 1. The minimum Gasteiger partial charge on any atom is -0.494 e. The average Bonchev–Trinajstić information content (AvgIpc) is 2.47. The first-order valence-electron chi connectivity index (χ1n) is 7.43. The predicted molar refractivity (Wildman–Crippen MR) is 84.5 cm³/mol. The second kappa shape index (κ2) is 5.71. The Morgan fingerprint density at radius 3 is 2.80 bits per heavy atom. The molecule has 1 aliphatic heterocycles. The molecule has 3 heteroatoms. The maximum atomic E-state index is 6.07. The third-order valence-corrected chi connectivity index (χ3v) is 3.93. The van der Waals surface area contributed by atoms with Crippen LogP contribution in [-0.2, 0) is 0 Å². The van der Waals surface area contributed by atoms with Crippen LogP contribution in [0, 0.1) is 0 Å². The number of nitrogens with two attached hydrogens (primary N) is 1. The van der Waals surface area contributed by atoms with E-state index in [1.807, 2.05) is 13.0 Å². The van der Waals surface area contributed by atoms with Gasteiger partial charge >= 0.3 is 0 Å². The molecule has 1 aliphatic rings. The number of hydrogen-bond donors (Lipinski definition) is 1. The van der Waals surface area contributed by atoms with Gasteiger partial charge in [-0.05, 0) is 54.8 Å². The molecule has 1 heterocycles. The van der Waals surface area contributed by atoms with Crippen LogP contribution in [0.25, 0.3) is 10.8 Å². The molecule has 0 bridgehead atoms. The van der Waals surface area contributed by atoms with Crippen molar-refractivity contribution in [2.45, 2.75) is 25.8 Å². The van der Waals surface area contributed by atoms with Gasteiger partial charge in [0.25, 0.3) is 0 Å². The summed E-state index contributed by atoms with van der Waals surface area (Å²) in [4.78, 5) is 2.39. The molecule has 1 saturated heterocycles. The summed E-state index contributed by atoms with van der Waals surface area (Å²) >= 11 is 0. The second-order valence-corrected chi connectivity index (χ2v) is 5.47. The monoisotopic (exact) mass is 270 g/mol. The van der Waals surface area contributed by atoms with Gasteiger partial charge in [-0.3, -0.25) is 0 Å². The summed E-state index contributed by atoms with van der Waals surface area (Å²) in [6.45, 7) is 4.78. The largest absolute Gasteiger partial charge is 0.494 e. The summed E-state index contributed by atoms with van der Waals surface area (Å²) in [6.07, 6.45) is 2.32. The molecule has 1 unspecified atom stereocenters. The lowest BCUT2D eigenvalue weighted by molar-refractivity contribution is 0.341. The van der Waals surface area contributed by atoms with Crippen molar-refractivity contribution in [1.82, 2.24) is 0 Å². The van der Waals surface area contributed by atoms with E-state index >= 15 is 0 Å². The van der Waals surface area contributed by atoms with Crippen LogP contribution in [-0.4, -0.2) is 25.7 Å². The molecule has 0 aliphatic carbocycles. The van der Waals surface area contributed by atoms with Crippen molar-refractivity contribution in [3.63, 3.8) is 0 Å². The molecule has 3 rings (SSSR count). The van der Waals surface area contributed by atoms with E-state index in [0.29, 0.717) is 12.6 Å². The van der Waals surface area contributed by atoms with Gasteiger partial charge < -0.3 is 15.4 Å². The number of rotatable bonds is 3. The number of fused-ring (bicyclic) bond motifs is 1. The van der Waals surface area contributed by atoms with E-state index in [1.165, 1.54) is 22.9 Å². The molecule has 0 aromatic heterocycles. The summed E-state index contributed by atoms with van der Waals surface area (Å²) < 4.78 is 5.55. The average molecular weight is 270 g/mol. The van der Waals surface area contributed by atoms with Gasteiger partial charge in [-0.25, -0.2) is 0 Å². The summed E-state index contributed by atoms with van der Waals surface area (Å²) in [5, 5.41) is 2.48. The quantitative estimate of drug-likeness (QED) is 0.931. The Balaban J connectivity index is 1.88. The van der Waals surface area contributed by atoms with E-state index < -0.39 is 0 Å². The van der Waals surface area contributed by atoms with E-state index in [9.17, 15) is 0 Å².